The van der Waals surface area contributed by atoms with Gasteiger partial charge in [0.1, 0.15) is 5.82 Å². The molecule has 0 aromatic heterocycles. The van der Waals surface area contributed by atoms with Crippen molar-refractivity contribution >= 4 is 27.7 Å². The number of rotatable bonds is 7. The number of amides is 3. The number of halogens is 1. The minimum atomic E-state index is -3.79. The average molecular weight is 425 g/mol. The van der Waals surface area contributed by atoms with Crippen LogP contribution in [0.3, 0.4) is 0 Å². The number of likely N-dealkylation sites (tertiary alicyclic amines) is 1. The fourth-order valence-electron chi connectivity index (χ4n) is 3.60. The first kappa shape index (κ1) is 21.4. The number of nitrogens with one attached hydrogen (secondary N) is 1. The summed E-state index contributed by atoms with van der Waals surface area (Å²) in [4.78, 5) is 36.8. The van der Waals surface area contributed by atoms with E-state index in [9.17, 15) is 27.2 Å². The highest BCUT2D eigenvalue weighted by Gasteiger charge is 2.33. The summed E-state index contributed by atoms with van der Waals surface area (Å²) < 4.78 is 39.8. The van der Waals surface area contributed by atoms with Crippen LogP contribution >= 0.6 is 0 Å². The Kier molecular flexibility index (Phi) is 6.63. The van der Waals surface area contributed by atoms with Gasteiger partial charge in [-0.1, -0.05) is 0 Å². The zero-order chi connectivity index (χ0) is 21.0. The third kappa shape index (κ3) is 4.99. The number of carbonyl (C=O) groups excluding carboxylic acids is 3. The van der Waals surface area contributed by atoms with E-state index in [2.05, 4.69) is 5.32 Å². The van der Waals surface area contributed by atoms with Gasteiger partial charge < -0.3 is 5.32 Å². The van der Waals surface area contributed by atoms with Gasteiger partial charge >= 0.3 is 0 Å². The number of carbonyl (C=O) groups is 3. The Morgan fingerprint density at radius 2 is 1.79 bits per heavy atom. The number of sulfonamides is 1. The number of benzene rings is 1. The molecule has 0 aliphatic carbocycles. The molecule has 158 valence electrons. The van der Waals surface area contributed by atoms with Crippen molar-refractivity contribution in [2.75, 3.05) is 26.2 Å². The van der Waals surface area contributed by atoms with Crippen molar-refractivity contribution in [1.82, 2.24) is 14.5 Å². The van der Waals surface area contributed by atoms with E-state index in [1.54, 1.807) is 0 Å². The van der Waals surface area contributed by atoms with Crippen LogP contribution in [-0.2, 0) is 24.4 Å². The molecular formula is C19H24FN3O5S. The third-order valence-corrected chi connectivity index (χ3v) is 7.10. The molecule has 1 unspecified atom stereocenters. The van der Waals surface area contributed by atoms with Crippen LogP contribution < -0.4 is 5.32 Å². The number of hydrogen-bond acceptors (Lipinski definition) is 5. The quantitative estimate of drug-likeness (QED) is 0.516. The van der Waals surface area contributed by atoms with Crippen molar-refractivity contribution in [2.24, 2.45) is 5.92 Å². The summed E-state index contributed by atoms with van der Waals surface area (Å²) >= 11 is 0. The van der Waals surface area contributed by atoms with Gasteiger partial charge in [0.25, 0.3) is 0 Å². The Balaban J connectivity index is 1.50. The molecule has 1 aromatic rings. The Morgan fingerprint density at radius 3 is 2.45 bits per heavy atom. The van der Waals surface area contributed by atoms with Gasteiger partial charge in [-0.15, -0.1) is 0 Å². The molecule has 1 aromatic carbocycles. The maximum atomic E-state index is 13.1. The summed E-state index contributed by atoms with van der Waals surface area (Å²) in [7, 11) is -3.79. The van der Waals surface area contributed by atoms with Gasteiger partial charge in [0.15, 0.2) is 0 Å². The number of imide groups is 1. The molecule has 2 aliphatic heterocycles. The predicted octanol–water partition coefficient (Wildman–Crippen LogP) is 0.882. The summed E-state index contributed by atoms with van der Waals surface area (Å²) in [5.74, 6) is -1.61. The molecule has 1 atom stereocenters. The smallest absolute Gasteiger partial charge is 0.243 e. The van der Waals surface area contributed by atoms with Crippen molar-refractivity contribution in [3.05, 3.63) is 30.1 Å². The maximum Gasteiger partial charge on any atom is 0.243 e. The molecule has 2 heterocycles. The second kappa shape index (κ2) is 9.00. The minimum Gasteiger partial charge on any atom is -0.356 e. The van der Waals surface area contributed by atoms with Crippen LogP contribution in [-0.4, -0.2) is 61.5 Å². The molecule has 2 fully saturated rings. The normalized spacial score (nSPS) is 20.9. The van der Waals surface area contributed by atoms with E-state index in [-0.39, 0.29) is 48.5 Å². The molecule has 3 rings (SSSR count). The monoisotopic (exact) mass is 425 g/mol. The second-order valence-corrected chi connectivity index (χ2v) is 9.18. The summed E-state index contributed by atoms with van der Waals surface area (Å²) in [5, 5.41) is 2.77. The van der Waals surface area contributed by atoms with Gasteiger partial charge in [0.2, 0.25) is 27.7 Å². The SMILES string of the molecule is O=C(NCCCN1C(=O)CCC1=O)C1CCCN(S(=O)(=O)c2ccc(F)cc2)C1. The van der Waals surface area contributed by atoms with Crippen molar-refractivity contribution in [3.8, 4) is 0 Å². The first-order valence-electron chi connectivity index (χ1n) is 9.65. The summed E-state index contributed by atoms with van der Waals surface area (Å²) in [5.41, 5.74) is 0. The van der Waals surface area contributed by atoms with Gasteiger partial charge in [0.05, 0.1) is 10.8 Å². The molecular weight excluding hydrogens is 401 g/mol. The standard InChI is InChI=1S/C19H24FN3O5S/c20-15-4-6-16(7-5-15)29(27,28)22-11-1-3-14(13-22)19(26)21-10-2-12-23-17(24)8-9-18(23)25/h4-7,14H,1-3,8-13H2,(H,21,26). The number of hydrogen-bond donors (Lipinski definition) is 1. The second-order valence-electron chi connectivity index (χ2n) is 7.24. The molecule has 0 saturated carbocycles. The molecule has 0 radical (unpaired) electrons. The predicted molar refractivity (Wildman–Crippen MR) is 101 cm³/mol. The van der Waals surface area contributed by atoms with Crippen LogP contribution in [0.15, 0.2) is 29.2 Å². The maximum absolute atomic E-state index is 13.1. The van der Waals surface area contributed by atoms with E-state index in [1.165, 1.54) is 21.3 Å². The van der Waals surface area contributed by atoms with Crippen LogP contribution in [0.1, 0.15) is 32.1 Å². The minimum absolute atomic E-state index is 0.0000874. The lowest BCUT2D eigenvalue weighted by atomic mass is 9.99. The van der Waals surface area contributed by atoms with Crippen LogP contribution in [0.5, 0.6) is 0 Å². The van der Waals surface area contributed by atoms with Crippen LogP contribution in [0.2, 0.25) is 0 Å². The summed E-state index contributed by atoms with van der Waals surface area (Å²) in [6.07, 6.45) is 2.06. The van der Waals surface area contributed by atoms with E-state index < -0.39 is 21.8 Å². The molecule has 29 heavy (non-hydrogen) atoms. The largest absolute Gasteiger partial charge is 0.356 e. The Hall–Kier alpha value is -2.33. The Morgan fingerprint density at radius 1 is 1.14 bits per heavy atom. The highest BCUT2D eigenvalue weighted by Crippen LogP contribution is 2.24. The average Bonchev–Trinajstić information content (AvgIpc) is 3.03. The first-order chi connectivity index (χ1) is 13.8. The summed E-state index contributed by atoms with van der Waals surface area (Å²) in [6.45, 7) is 0.947. The number of piperidine rings is 1. The first-order valence-corrected chi connectivity index (χ1v) is 11.1. The van der Waals surface area contributed by atoms with Crippen LogP contribution in [0.25, 0.3) is 0 Å². The van der Waals surface area contributed by atoms with Crippen molar-refractivity contribution < 1.29 is 27.2 Å². The van der Waals surface area contributed by atoms with E-state index in [0.29, 0.717) is 32.4 Å². The third-order valence-electron chi connectivity index (χ3n) is 5.22. The molecule has 2 saturated heterocycles. The van der Waals surface area contributed by atoms with Crippen molar-refractivity contribution in [2.45, 2.75) is 37.0 Å². The van der Waals surface area contributed by atoms with Crippen LogP contribution in [0.4, 0.5) is 4.39 Å². The number of nitrogens with zero attached hydrogens (tertiary/aromatic N) is 2. The lowest BCUT2D eigenvalue weighted by Gasteiger charge is -2.31. The molecule has 3 amide bonds. The molecule has 0 bridgehead atoms. The molecule has 2 aliphatic rings. The van der Waals surface area contributed by atoms with Gasteiger partial charge in [-0.3, -0.25) is 19.3 Å². The zero-order valence-electron chi connectivity index (χ0n) is 16.0. The lowest BCUT2D eigenvalue weighted by molar-refractivity contribution is -0.138. The van der Waals surface area contributed by atoms with Gasteiger partial charge in [-0.2, -0.15) is 4.31 Å². The van der Waals surface area contributed by atoms with E-state index in [0.717, 1.165) is 12.1 Å². The highest BCUT2D eigenvalue weighted by atomic mass is 32.2. The van der Waals surface area contributed by atoms with E-state index in [1.807, 2.05) is 0 Å². The van der Waals surface area contributed by atoms with Gasteiger partial charge in [0, 0.05) is 39.0 Å². The van der Waals surface area contributed by atoms with Crippen LogP contribution in [0, 0.1) is 11.7 Å². The molecule has 10 heteroatoms. The molecule has 0 spiro atoms. The van der Waals surface area contributed by atoms with Gasteiger partial charge in [-0.05, 0) is 43.5 Å². The fraction of sp³-hybridized carbons (Fsp3) is 0.526. The van der Waals surface area contributed by atoms with Crippen molar-refractivity contribution in [3.63, 3.8) is 0 Å². The van der Waals surface area contributed by atoms with E-state index >= 15 is 0 Å². The molecule has 8 nitrogen and oxygen atoms in total. The lowest BCUT2D eigenvalue weighted by Crippen LogP contribution is -2.45. The van der Waals surface area contributed by atoms with Crippen molar-refractivity contribution in [1.29, 1.82) is 0 Å². The topological polar surface area (TPSA) is 104 Å². The summed E-state index contributed by atoms with van der Waals surface area (Å²) in [6, 6.07) is 4.62. The highest BCUT2D eigenvalue weighted by molar-refractivity contribution is 7.89. The van der Waals surface area contributed by atoms with Gasteiger partial charge in [-0.25, -0.2) is 12.8 Å². The Labute approximate surface area is 169 Å². The zero-order valence-corrected chi connectivity index (χ0v) is 16.8. The molecule has 1 N–H and O–H groups in total. The fourth-order valence-corrected chi connectivity index (χ4v) is 5.12. The Bertz CT molecular complexity index is 872. The van der Waals surface area contributed by atoms with E-state index in [4.69, 9.17) is 0 Å².